The third-order valence-electron chi connectivity index (χ3n) is 8.53. The number of aromatic nitrogens is 2. The molecule has 4 saturated carbocycles. The van der Waals surface area contributed by atoms with Crippen LogP contribution >= 0.6 is 0 Å². The van der Waals surface area contributed by atoms with Crippen molar-refractivity contribution in [3.8, 4) is 16.9 Å². The summed E-state index contributed by atoms with van der Waals surface area (Å²) in [5.41, 5.74) is 2.09. The average Bonchev–Trinajstić information content (AvgIpc) is 3.30. The quantitative estimate of drug-likeness (QED) is 0.429. The molecule has 4 fully saturated rings. The Hall–Kier alpha value is -3.68. The number of hydrogen-bond donors (Lipinski definition) is 2. The van der Waals surface area contributed by atoms with Gasteiger partial charge in [-0.15, -0.1) is 0 Å². The minimum Gasteiger partial charge on any atom is -0.333 e. The van der Waals surface area contributed by atoms with Crippen molar-refractivity contribution in [2.24, 2.45) is 17.8 Å². The van der Waals surface area contributed by atoms with Gasteiger partial charge in [-0.1, -0.05) is 30.3 Å². The Balaban J connectivity index is 1.18. The molecule has 0 saturated heterocycles. The van der Waals surface area contributed by atoms with Crippen LogP contribution < -0.4 is 10.6 Å². The van der Waals surface area contributed by atoms with Crippen LogP contribution in [-0.2, 0) is 4.79 Å². The Kier molecular flexibility index (Phi) is 6.41. The molecule has 2 aromatic carbocycles. The van der Waals surface area contributed by atoms with E-state index >= 15 is 0 Å². The van der Waals surface area contributed by atoms with Gasteiger partial charge in [0.2, 0.25) is 5.91 Å². The Morgan fingerprint density at radius 2 is 1.63 bits per heavy atom. The molecule has 4 aliphatic carbocycles. The van der Waals surface area contributed by atoms with Crippen LogP contribution in [0.15, 0.2) is 60.7 Å². The van der Waals surface area contributed by atoms with Crippen molar-refractivity contribution in [1.82, 2.24) is 20.0 Å². The van der Waals surface area contributed by atoms with Crippen molar-refractivity contribution >= 4 is 17.8 Å². The fourth-order valence-corrected chi connectivity index (χ4v) is 7.25. The number of likely N-dealkylation sites (N-methyl/N-ethyl adjacent to an activating group) is 1. The van der Waals surface area contributed by atoms with Crippen molar-refractivity contribution in [2.45, 2.75) is 51.0 Å². The highest BCUT2D eigenvalue weighted by atomic mass is 19.1. The molecule has 4 bridgehead atoms. The van der Waals surface area contributed by atoms with Gasteiger partial charge in [-0.25, -0.2) is 13.9 Å². The molecule has 7 rings (SSSR count). The Morgan fingerprint density at radius 3 is 2.24 bits per heavy atom. The SMILES string of the molecule is CCN(CC(=O)Nc1cc(-c2ccccc2)nn1-c1ccc(F)cc1)C(=O)NC12CC3CC(CC(C3)C1)C2. The maximum Gasteiger partial charge on any atom is 0.318 e. The highest BCUT2D eigenvalue weighted by Gasteiger charge is 2.51. The maximum atomic E-state index is 13.6. The van der Waals surface area contributed by atoms with Crippen LogP contribution in [0.5, 0.6) is 0 Å². The molecule has 3 amide bonds. The molecule has 4 aliphatic rings. The predicted octanol–water partition coefficient (Wildman–Crippen LogP) is 5.62. The van der Waals surface area contributed by atoms with Crippen molar-refractivity contribution in [3.63, 3.8) is 0 Å². The number of halogens is 1. The van der Waals surface area contributed by atoms with Crippen LogP contribution in [0.3, 0.4) is 0 Å². The van der Waals surface area contributed by atoms with Crippen molar-refractivity contribution in [1.29, 1.82) is 0 Å². The smallest absolute Gasteiger partial charge is 0.318 e. The Bertz CT molecular complexity index is 1280. The topological polar surface area (TPSA) is 79.3 Å². The van der Waals surface area contributed by atoms with E-state index in [2.05, 4.69) is 15.7 Å². The van der Waals surface area contributed by atoms with E-state index in [0.717, 1.165) is 42.6 Å². The van der Waals surface area contributed by atoms with Gasteiger partial charge in [0.15, 0.2) is 0 Å². The number of rotatable bonds is 7. The predicted molar refractivity (Wildman–Crippen MR) is 144 cm³/mol. The van der Waals surface area contributed by atoms with E-state index in [4.69, 9.17) is 0 Å². The van der Waals surface area contributed by atoms with Gasteiger partial charge < -0.3 is 15.5 Å². The van der Waals surface area contributed by atoms with Gasteiger partial charge in [0.25, 0.3) is 0 Å². The van der Waals surface area contributed by atoms with Crippen molar-refractivity contribution in [3.05, 3.63) is 66.5 Å². The average molecular weight is 516 g/mol. The lowest BCUT2D eigenvalue weighted by atomic mass is 9.53. The highest BCUT2D eigenvalue weighted by molar-refractivity contribution is 5.94. The highest BCUT2D eigenvalue weighted by Crippen LogP contribution is 2.55. The van der Waals surface area contributed by atoms with Crippen molar-refractivity contribution < 1.29 is 14.0 Å². The van der Waals surface area contributed by atoms with E-state index in [-0.39, 0.29) is 29.8 Å². The summed E-state index contributed by atoms with van der Waals surface area (Å²) in [6.07, 6.45) is 7.11. The van der Waals surface area contributed by atoms with Crippen molar-refractivity contribution in [2.75, 3.05) is 18.4 Å². The molecular formula is C30H34FN5O2. The molecule has 198 valence electrons. The van der Waals surface area contributed by atoms with Crippen LogP contribution in [0.25, 0.3) is 16.9 Å². The van der Waals surface area contributed by atoms with Crippen LogP contribution in [0.2, 0.25) is 0 Å². The van der Waals surface area contributed by atoms with Crippen LogP contribution in [-0.4, -0.2) is 45.2 Å². The third kappa shape index (κ3) is 4.91. The zero-order chi connectivity index (χ0) is 26.3. The van der Waals surface area contributed by atoms with E-state index in [9.17, 15) is 14.0 Å². The molecule has 0 atom stereocenters. The lowest BCUT2D eigenvalue weighted by molar-refractivity contribution is -0.116. The number of nitrogens with zero attached hydrogens (tertiary/aromatic N) is 3. The van der Waals surface area contributed by atoms with Gasteiger partial charge in [-0.2, -0.15) is 5.10 Å². The summed E-state index contributed by atoms with van der Waals surface area (Å²) in [6, 6.07) is 17.2. The molecule has 38 heavy (non-hydrogen) atoms. The molecular weight excluding hydrogens is 481 g/mol. The van der Waals surface area contributed by atoms with E-state index in [1.54, 1.807) is 27.8 Å². The minimum absolute atomic E-state index is 0.0655. The first-order valence-electron chi connectivity index (χ1n) is 13.7. The lowest BCUT2D eigenvalue weighted by Gasteiger charge is -2.57. The van der Waals surface area contributed by atoms with Crippen LogP contribution in [0.1, 0.15) is 45.4 Å². The fourth-order valence-electron chi connectivity index (χ4n) is 7.25. The molecule has 0 spiro atoms. The summed E-state index contributed by atoms with van der Waals surface area (Å²) >= 11 is 0. The van der Waals surface area contributed by atoms with Gasteiger partial charge in [0.1, 0.15) is 18.2 Å². The van der Waals surface area contributed by atoms with E-state index < -0.39 is 0 Å². The molecule has 3 aromatic rings. The number of carbonyl (C=O) groups is 2. The monoisotopic (exact) mass is 515 g/mol. The summed E-state index contributed by atoms with van der Waals surface area (Å²) < 4.78 is 15.2. The first-order chi connectivity index (χ1) is 18.4. The van der Waals surface area contributed by atoms with E-state index in [0.29, 0.717) is 23.7 Å². The summed E-state index contributed by atoms with van der Waals surface area (Å²) in [6.45, 7) is 2.25. The zero-order valence-electron chi connectivity index (χ0n) is 21.7. The molecule has 0 unspecified atom stereocenters. The van der Waals surface area contributed by atoms with Gasteiger partial charge in [-0.3, -0.25) is 4.79 Å². The fraction of sp³-hybridized carbons (Fsp3) is 0.433. The number of anilines is 1. The molecule has 8 heteroatoms. The third-order valence-corrected chi connectivity index (χ3v) is 8.53. The van der Waals surface area contributed by atoms with Gasteiger partial charge in [0.05, 0.1) is 11.4 Å². The Labute approximate surface area is 222 Å². The number of hydrogen-bond acceptors (Lipinski definition) is 3. The van der Waals surface area contributed by atoms with Crippen LogP contribution in [0.4, 0.5) is 15.0 Å². The molecule has 2 N–H and O–H groups in total. The summed E-state index contributed by atoms with van der Waals surface area (Å²) in [5.74, 6) is 1.98. The van der Waals surface area contributed by atoms with Gasteiger partial charge in [-0.05, 0) is 87.5 Å². The standard InChI is InChI=1S/C30H34FN5O2/c1-2-35(29(38)33-30-16-20-12-21(17-30)14-22(13-20)18-30)19-28(37)32-27-15-26(23-6-4-3-5-7-23)34-36(27)25-10-8-24(31)9-11-25/h3-11,15,20-22H,2,12-14,16-19H2,1H3,(H,32,37)(H,33,38). The first kappa shape index (κ1) is 24.6. The molecule has 1 heterocycles. The Morgan fingerprint density at radius 1 is 1.00 bits per heavy atom. The second kappa shape index (κ2) is 9.89. The molecule has 1 aromatic heterocycles. The maximum absolute atomic E-state index is 13.6. The minimum atomic E-state index is -0.349. The normalized spacial score (nSPS) is 25.3. The van der Waals surface area contributed by atoms with Gasteiger partial charge in [0, 0.05) is 23.7 Å². The van der Waals surface area contributed by atoms with E-state index in [1.807, 2.05) is 37.3 Å². The second-order valence-electron chi connectivity index (χ2n) is 11.4. The largest absolute Gasteiger partial charge is 0.333 e. The molecule has 0 aliphatic heterocycles. The van der Waals surface area contributed by atoms with Crippen LogP contribution in [0, 0.1) is 23.6 Å². The van der Waals surface area contributed by atoms with E-state index in [1.165, 1.54) is 31.4 Å². The summed E-state index contributed by atoms with van der Waals surface area (Å²) in [7, 11) is 0. The number of amides is 3. The molecule has 0 radical (unpaired) electrons. The summed E-state index contributed by atoms with van der Waals surface area (Å²) in [4.78, 5) is 28.1. The zero-order valence-corrected chi connectivity index (χ0v) is 21.7. The number of nitrogens with one attached hydrogen (secondary N) is 2. The lowest BCUT2D eigenvalue weighted by Crippen LogP contribution is -2.62. The van der Waals surface area contributed by atoms with Gasteiger partial charge >= 0.3 is 6.03 Å². The number of urea groups is 1. The first-order valence-corrected chi connectivity index (χ1v) is 13.7. The number of carbonyl (C=O) groups excluding carboxylic acids is 2. The second-order valence-corrected chi connectivity index (χ2v) is 11.4. The summed E-state index contributed by atoms with van der Waals surface area (Å²) in [5, 5.41) is 11.0. The number of benzene rings is 2. The molecule has 7 nitrogen and oxygen atoms in total.